The molecule has 1 heterocycles. The number of hydrazone groups is 1. The predicted molar refractivity (Wildman–Crippen MR) is 135 cm³/mol. The van der Waals surface area contributed by atoms with Gasteiger partial charge in [-0.2, -0.15) is 13.9 Å². The molecular formula is C26H29F2N3O4S. The second-order valence-electron chi connectivity index (χ2n) is 8.72. The number of carbonyl (C=O) groups excluding carboxylic acids is 2. The van der Waals surface area contributed by atoms with Gasteiger partial charge in [-0.25, -0.2) is 5.01 Å². The number of amides is 2. The van der Waals surface area contributed by atoms with E-state index < -0.39 is 6.61 Å². The molecule has 2 amide bonds. The van der Waals surface area contributed by atoms with E-state index >= 15 is 0 Å². The van der Waals surface area contributed by atoms with E-state index in [4.69, 9.17) is 4.74 Å². The number of hydrogen-bond acceptors (Lipinski definition) is 6. The minimum Gasteiger partial charge on any atom is -0.493 e. The summed E-state index contributed by atoms with van der Waals surface area (Å²) in [6.45, 7) is -0.849. The van der Waals surface area contributed by atoms with E-state index in [1.165, 1.54) is 18.2 Å². The fraction of sp³-hybridized carbons (Fsp3) is 0.423. The Morgan fingerprint density at radius 2 is 1.89 bits per heavy atom. The van der Waals surface area contributed by atoms with Crippen molar-refractivity contribution in [3.05, 3.63) is 59.2 Å². The van der Waals surface area contributed by atoms with E-state index in [0.717, 1.165) is 43.0 Å². The molecule has 1 aliphatic carbocycles. The van der Waals surface area contributed by atoms with E-state index in [1.807, 2.05) is 19.1 Å². The minimum atomic E-state index is -3.00. The number of alkyl halides is 2. The van der Waals surface area contributed by atoms with E-state index in [2.05, 4.69) is 15.2 Å². The number of nitrogens with zero attached hydrogens (tertiary/aromatic N) is 2. The average molecular weight is 518 g/mol. The highest BCUT2D eigenvalue weighted by molar-refractivity contribution is 8.14. The zero-order chi connectivity index (χ0) is 25.7. The highest BCUT2D eigenvalue weighted by atomic mass is 32.2. The SMILES string of the molecule is CCC1SC(=O)N(Cc2ccc(C(=O)NC3CCCC3)cc2)N=C1c1ccc(OC)c(OC(F)F)c1. The molecule has 1 saturated carbocycles. The summed E-state index contributed by atoms with van der Waals surface area (Å²) in [5, 5.41) is 8.59. The highest BCUT2D eigenvalue weighted by Crippen LogP contribution is 2.34. The van der Waals surface area contributed by atoms with Crippen molar-refractivity contribution in [2.75, 3.05) is 7.11 Å². The Morgan fingerprint density at radius 1 is 1.17 bits per heavy atom. The molecule has 1 aliphatic heterocycles. The van der Waals surface area contributed by atoms with Crippen molar-refractivity contribution < 1.29 is 27.8 Å². The third-order valence-corrected chi connectivity index (χ3v) is 7.53. The fourth-order valence-electron chi connectivity index (χ4n) is 4.39. The summed E-state index contributed by atoms with van der Waals surface area (Å²) in [6.07, 6.45) is 4.95. The molecule has 10 heteroatoms. The fourth-order valence-corrected chi connectivity index (χ4v) is 5.32. The van der Waals surface area contributed by atoms with Crippen LogP contribution in [0.25, 0.3) is 0 Å². The van der Waals surface area contributed by atoms with Gasteiger partial charge in [-0.15, -0.1) is 0 Å². The normalized spacial score (nSPS) is 18.4. The lowest BCUT2D eigenvalue weighted by Gasteiger charge is -2.28. The molecule has 192 valence electrons. The van der Waals surface area contributed by atoms with Crippen LogP contribution in [0.4, 0.5) is 13.6 Å². The Morgan fingerprint density at radius 3 is 2.53 bits per heavy atom. The van der Waals surface area contributed by atoms with Crippen LogP contribution in [0, 0.1) is 0 Å². The first-order chi connectivity index (χ1) is 17.4. The molecule has 1 unspecified atom stereocenters. The number of carbonyl (C=O) groups is 2. The van der Waals surface area contributed by atoms with Gasteiger partial charge in [0.25, 0.3) is 5.91 Å². The van der Waals surface area contributed by atoms with Crippen LogP contribution < -0.4 is 14.8 Å². The van der Waals surface area contributed by atoms with Gasteiger partial charge in [0.1, 0.15) is 0 Å². The smallest absolute Gasteiger partial charge is 0.387 e. The number of thioether (sulfide) groups is 1. The molecule has 36 heavy (non-hydrogen) atoms. The lowest BCUT2D eigenvalue weighted by atomic mass is 10.0. The largest absolute Gasteiger partial charge is 0.493 e. The van der Waals surface area contributed by atoms with Gasteiger partial charge in [0.15, 0.2) is 11.5 Å². The second-order valence-corrected chi connectivity index (χ2v) is 9.87. The van der Waals surface area contributed by atoms with Crippen LogP contribution in [0.1, 0.15) is 60.5 Å². The average Bonchev–Trinajstić information content (AvgIpc) is 3.38. The molecule has 0 spiro atoms. The number of benzene rings is 2. The lowest BCUT2D eigenvalue weighted by Crippen LogP contribution is -2.35. The molecule has 1 N–H and O–H groups in total. The van der Waals surface area contributed by atoms with Crippen LogP contribution in [0.5, 0.6) is 11.5 Å². The summed E-state index contributed by atoms with van der Waals surface area (Å²) in [5.74, 6) is -0.00546. The van der Waals surface area contributed by atoms with Crippen molar-refractivity contribution in [2.45, 2.75) is 63.5 Å². The van der Waals surface area contributed by atoms with Gasteiger partial charge in [-0.1, -0.05) is 43.7 Å². The number of nitrogens with one attached hydrogen (secondary N) is 1. The third kappa shape index (κ3) is 6.16. The lowest BCUT2D eigenvalue weighted by molar-refractivity contribution is -0.0512. The zero-order valence-corrected chi connectivity index (χ0v) is 21.0. The number of rotatable bonds is 9. The highest BCUT2D eigenvalue weighted by Gasteiger charge is 2.31. The van der Waals surface area contributed by atoms with Gasteiger partial charge in [0.05, 0.1) is 24.6 Å². The molecule has 1 atom stereocenters. The molecule has 0 radical (unpaired) electrons. The quantitative estimate of drug-likeness (QED) is 0.453. The number of methoxy groups -OCH3 is 1. The standard InChI is InChI=1S/C26H29F2N3O4S/c1-3-22-23(18-12-13-20(34-2)21(14-18)35-25(27)28)30-31(26(33)36-22)15-16-8-10-17(11-9-16)24(32)29-19-6-4-5-7-19/h8-14,19,22,25H,3-7,15H2,1-2H3,(H,29,32). The van der Waals surface area contributed by atoms with E-state index in [9.17, 15) is 18.4 Å². The van der Waals surface area contributed by atoms with Crippen molar-refractivity contribution in [3.8, 4) is 11.5 Å². The van der Waals surface area contributed by atoms with Gasteiger partial charge in [0.2, 0.25) is 0 Å². The first kappa shape index (κ1) is 25.9. The molecule has 2 aromatic carbocycles. The van der Waals surface area contributed by atoms with Crippen molar-refractivity contribution in [1.29, 1.82) is 0 Å². The summed E-state index contributed by atoms with van der Waals surface area (Å²) in [4.78, 5) is 25.3. The molecule has 1 fully saturated rings. The van der Waals surface area contributed by atoms with Crippen LogP contribution in [0.15, 0.2) is 47.6 Å². The van der Waals surface area contributed by atoms with E-state index in [0.29, 0.717) is 23.3 Å². The maximum Gasteiger partial charge on any atom is 0.387 e. The maximum absolute atomic E-state index is 12.9. The van der Waals surface area contributed by atoms with Gasteiger partial charge in [0, 0.05) is 17.2 Å². The van der Waals surface area contributed by atoms with Gasteiger partial charge in [-0.3, -0.25) is 9.59 Å². The van der Waals surface area contributed by atoms with Gasteiger partial charge >= 0.3 is 11.9 Å². The molecule has 2 aromatic rings. The van der Waals surface area contributed by atoms with Crippen molar-refractivity contribution in [1.82, 2.24) is 10.3 Å². The van der Waals surface area contributed by atoms with Crippen LogP contribution in [-0.4, -0.2) is 46.9 Å². The Hall–Kier alpha value is -3.14. The molecule has 0 bridgehead atoms. The number of hydrogen-bond donors (Lipinski definition) is 1. The second kappa shape index (κ2) is 11.7. The third-order valence-electron chi connectivity index (χ3n) is 6.27. The van der Waals surface area contributed by atoms with Crippen LogP contribution in [0.3, 0.4) is 0 Å². The first-order valence-corrected chi connectivity index (χ1v) is 12.9. The van der Waals surface area contributed by atoms with E-state index in [1.54, 1.807) is 24.3 Å². The number of ether oxygens (including phenoxy) is 2. The van der Waals surface area contributed by atoms with Gasteiger partial charge < -0.3 is 14.8 Å². The molecule has 0 aromatic heterocycles. The summed E-state index contributed by atoms with van der Waals surface area (Å²) < 4.78 is 35.5. The zero-order valence-electron chi connectivity index (χ0n) is 20.2. The van der Waals surface area contributed by atoms with Gasteiger partial charge in [-0.05, 0) is 55.2 Å². The Balaban J connectivity index is 1.53. The van der Waals surface area contributed by atoms with E-state index in [-0.39, 0.29) is 40.5 Å². The first-order valence-electron chi connectivity index (χ1n) is 12.0. The van der Waals surface area contributed by atoms with Crippen LogP contribution in [0.2, 0.25) is 0 Å². The monoisotopic (exact) mass is 517 g/mol. The molecule has 4 rings (SSSR count). The molecule has 2 aliphatic rings. The van der Waals surface area contributed by atoms with Crippen molar-refractivity contribution >= 4 is 28.6 Å². The summed E-state index contributed by atoms with van der Waals surface area (Å²) in [7, 11) is 1.38. The number of halogens is 2. The summed E-state index contributed by atoms with van der Waals surface area (Å²) in [5.41, 5.74) is 2.56. The Labute approximate surface area is 213 Å². The van der Waals surface area contributed by atoms with Crippen molar-refractivity contribution in [3.63, 3.8) is 0 Å². The van der Waals surface area contributed by atoms with Crippen LogP contribution in [-0.2, 0) is 6.54 Å². The van der Waals surface area contributed by atoms with Crippen LogP contribution >= 0.6 is 11.8 Å². The Bertz CT molecular complexity index is 1120. The summed E-state index contributed by atoms with van der Waals surface area (Å²) in [6, 6.07) is 12.1. The molecular weight excluding hydrogens is 488 g/mol. The minimum absolute atomic E-state index is 0.0922. The molecule has 7 nitrogen and oxygen atoms in total. The Kier molecular flexibility index (Phi) is 8.45. The van der Waals surface area contributed by atoms with Crippen molar-refractivity contribution in [2.24, 2.45) is 5.10 Å². The maximum atomic E-state index is 12.9. The topological polar surface area (TPSA) is 80.2 Å². The summed E-state index contributed by atoms with van der Waals surface area (Å²) >= 11 is 1.14. The predicted octanol–water partition coefficient (Wildman–Crippen LogP) is 5.82. The molecule has 0 saturated heterocycles.